The van der Waals surface area contributed by atoms with Gasteiger partial charge in [0.1, 0.15) is 42.3 Å². The number of ether oxygens (including phenoxy) is 5. The van der Waals surface area contributed by atoms with E-state index >= 15 is 0 Å². The Morgan fingerprint density at radius 1 is 0.953 bits per heavy atom. The smallest absolute Gasteiger partial charge is 0.234 e. The maximum absolute atomic E-state index is 14.1. The number of nitrogens with zero attached hydrogens (tertiary/aromatic N) is 3. The number of rotatable bonds is 11. The standard InChI is InChI=1S/C33H34FN3O6/c1-22-3-8-27(34)24(17-22)19-25(38)18-23-4-6-26(7-5-23)43-33-30-28(35-21-36-33)20-29(31-32(30)42-16-15-41-31)40-12-2-9-37-10-13-39-14-11-37/h3-8,17,20-21H,2,9-16,18-19H2,1H3. The van der Waals surface area contributed by atoms with Gasteiger partial charge in [0, 0.05) is 38.5 Å². The van der Waals surface area contributed by atoms with Crippen molar-refractivity contribution in [2.75, 3.05) is 52.7 Å². The summed E-state index contributed by atoms with van der Waals surface area (Å²) in [4.78, 5) is 23.8. The number of Topliss-reactive ketones (excluding diaryl/α,β-unsaturated/α-hetero) is 1. The summed E-state index contributed by atoms with van der Waals surface area (Å²) in [7, 11) is 0. The minimum Gasteiger partial charge on any atom is -0.489 e. The molecule has 1 aromatic heterocycles. The lowest BCUT2D eigenvalue weighted by atomic mass is 10.0. The van der Waals surface area contributed by atoms with Crippen molar-refractivity contribution in [2.45, 2.75) is 26.2 Å². The minimum absolute atomic E-state index is 0.0471. The summed E-state index contributed by atoms with van der Waals surface area (Å²) in [5, 5.41) is 0.595. The molecule has 9 nitrogen and oxygen atoms in total. The zero-order valence-corrected chi connectivity index (χ0v) is 24.1. The fraction of sp³-hybridized carbons (Fsp3) is 0.364. The van der Waals surface area contributed by atoms with Crippen LogP contribution in [-0.2, 0) is 22.4 Å². The normalized spacial score (nSPS) is 14.9. The molecule has 10 heteroatoms. The average molecular weight is 588 g/mol. The summed E-state index contributed by atoms with van der Waals surface area (Å²) in [6.07, 6.45) is 2.55. The molecule has 2 aliphatic heterocycles. The lowest BCUT2D eigenvalue weighted by Gasteiger charge is -2.26. The third kappa shape index (κ3) is 7.03. The fourth-order valence-corrected chi connectivity index (χ4v) is 5.29. The van der Waals surface area contributed by atoms with Crippen LogP contribution in [0.1, 0.15) is 23.1 Å². The Bertz CT molecular complexity index is 1590. The third-order valence-corrected chi connectivity index (χ3v) is 7.45. The van der Waals surface area contributed by atoms with Crippen LogP contribution in [0.15, 0.2) is 54.9 Å². The van der Waals surface area contributed by atoms with E-state index in [4.69, 9.17) is 23.7 Å². The van der Waals surface area contributed by atoms with Crippen LogP contribution in [0, 0.1) is 12.7 Å². The van der Waals surface area contributed by atoms with Crippen LogP contribution in [0.4, 0.5) is 4.39 Å². The molecule has 0 saturated carbocycles. The van der Waals surface area contributed by atoms with Crippen LogP contribution in [0.25, 0.3) is 10.9 Å². The van der Waals surface area contributed by atoms with Crippen LogP contribution in [-0.4, -0.2) is 73.3 Å². The Morgan fingerprint density at radius 2 is 1.74 bits per heavy atom. The Balaban J connectivity index is 1.14. The predicted molar refractivity (Wildman–Crippen MR) is 158 cm³/mol. The van der Waals surface area contributed by atoms with Gasteiger partial charge in [-0.15, -0.1) is 0 Å². The first-order valence-electron chi connectivity index (χ1n) is 14.6. The van der Waals surface area contributed by atoms with E-state index in [0.717, 1.165) is 50.4 Å². The van der Waals surface area contributed by atoms with Gasteiger partial charge in [0.05, 0.1) is 25.3 Å². The van der Waals surface area contributed by atoms with Crippen LogP contribution in [0.5, 0.6) is 28.9 Å². The number of hydrogen-bond donors (Lipinski definition) is 0. The van der Waals surface area contributed by atoms with E-state index in [1.165, 1.54) is 12.4 Å². The van der Waals surface area contributed by atoms with Crippen molar-refractivity contribution in [3.63, 3.8) is 0 Å². The molecular weight excluding hydrogens is 553 g/mol. The molecule has 2 aliphatic rings. The van der Waals surface area contributed by atoms with Gasteiger partial charge in [-0.1, -0.05) is 29.8 Å². The zero-order valence-electron chi connectivity index (χ0n) is 24.1. The zero-order chi connectivity index (χ0) is 29.6. The molecule has 1 fully saturated rings. The Morgan fingerprint density at radius 3 is 2.56 bits per heavy atom. The first-order chi connectivity index (χ1) is 21.0. The Labute approximate surface area is 249 Å². The SMILES string of the molecule is Cc1ccc(F)c(CC(=O)Cc2ccc(Oc3ncnc4cc(OCCCN5CCOCC5)c5c(c34)OCCO5)cc2)c1. The van der Waals surface area contributed by atoms with Gasteiger partial charge in [-0.25, -0.2) is 14.4 Å². The predicted octanol–water partition coefficient (Wildman–Crippen LogP) is 5.10. The van der Waals surface area contributed by atoms with Gasteiger partial charge in [0.15, 0.2) is 11.5 Å². The number of benzene rings is 3. The van der Waals surface area contributed by atoms with E-state index in [-0.39, 0.29) is 24.4 Å². The number of morpholine rings is 1. The average Bonchev–Trinajstić information content (AvgIpc) is 3.02. The topological polar surface area (TPSA) is 92.2 Å². The van der Waals surface area contributed by atoms with Crippen LogP contribution in [0.3, 0.4) is 0 Å². The number of carbonyl (C=O) groups is 1. The molecule has 0 radical (unpaired) electrons. The van der Waals surface area contributed by atoms with E-state index < -0.39 is 0 Å². The van der Waals surface area contributed by atoms with Gasteiger partial charge in [0.25, 0.3) is 0 Å². The largest absolute Gasteiger partial charge is 0.489 e. The maximum Gasteiger partial charge on any atom is 0.234 e. The summed E-state index contributed by atoms with van der Waals surface area (Å²) in [5.41, 5.74) is 2.76. The third-order valence-electron chi connectivity index (χ3n) is 7.45. The highest BCUT2D eigenvalue weighted by Gasteiger charge is 2.25. The molecular formula is C33H34FN3O6. The van der Waals surface area contributed by atoms with E-state index in [9.17, 15) is 9.18 Å². The van der Waals surface area contributed by atoms with Gasteiger partial charge < -0.3 is 23.7 Å². The lowest BCUT2D eigenvalue weighted by Crippen LogP contribution is -2.37. The van der Waals surface area contributed by atoms with E-state index in [0.29, 0.717) is 65.2 Å². The molecule has 0 N–H and O–H groups in total. The highest BCUT2D eigenvalue weighted by Crippen LogP contribution is 2.47. The molecule has 0 aliphatic carbocycles. The molecule has 3 heterocycles. The van der Waals surface area contributed by atoms with E-state index in [2.05, 4.69) is 14.9 Å². The van der Waals surface area contributed by atoms with Crippen molar-refractivity contribution in [1.82, 2.24) is 14.9 Å². The van der Waals surface area contributed by atoms with Gasteiger partial charge in [-0.3, -0.25) is 9.69 Å². The molecule has 43 heavy (non-hydrogen) atoms. The molecule has 1 saturated heterocycles. The monoisotopic (exact) mass is 587 g/mol. The van der Waals surface area contributed by atoms with Gasteiger partial charge in [-0.2, -0.15) is 0 Å². The van der Waals surface area contributed by atoms with Crippen LogP contribution < -0.4 is 18.9 Å². The number of hydrogen-bond acceptors (Lipinski definition) is 9. The first kappa shape index (κ1) is 28.8. The molecule has 0 unspecified atom stereocenters. The second-order valence-electron chi connectivity index (χ2n) is 10.7. The van der Waals surface area contributed by atoms with Crippen molar-refractivity contribution >= 4 is 16.7 Å². The highest BCUT2D eigenvalue weighted by molar-refractivity contribution is 5.94. The molecule has 0 atom stereocenters. The van der Waals surface area contributed by atoms with Crippen molar-refractivity contribution in [3.05, 3.63) is 77.4 Å². The van der Waals surface area contributed by atoms with Gasteiger partial charge >= 0.3 is 0 Å². The lowest BCUT2D eigenvalue weighted by molar-refractivity contribution is -0.117. The van der Waals surface area contributed by atoms with Crippen molar-refractivity contribution in [2.24, 2.45) is 0 Å². The molecule has 4 aromatic rings. The summed E-state index contributed by atoms with van der Waals surface area (Å²) in [6, 6.07) is 13.8. The van der Waals surface area contributed by atoms with Crippen molar-refractivity contribution in [3.8, 4) is 28.9 Å². The maximum atomic E-state index is 14.1. The number of halogens is 1. The van der Waals surface area contributed by atoms with Crippen molar-refractivity contribution < 1.29 is 32.9 Å². The highest BCUT2D eigenvalue weighted by atomic mass is 19.1. The number of aromatic nitrogens is 2. The van der Waals surface area contributed by atoms with Crippen LogP contribution in [0.2, 0.25) is 0 Å². The fourth-order valence-electron chi connectivity index (χ4n) is 5.29. The number of aryl methyl sites for hydroxylation is 1. The summed E-state index contributed by atoms with van der Waals surface area (Å²) < 4.78 is 43.8. The molecule has 0 bridgehead atoms. The van der Waals surface area contributed by atoms with Crippen molar-refractivity contribution in [1.29, 1.82) is 0 Å². The minimum atomic E-state index is -0.362. The molecule has 0 amide bonds. The number of fused-ring (bicyclic) bond motifs is 3. The summed E-state index contributed by atoms with van der Waals surface area (Å²) in [6.45, 7) is 7.57. The summed E-state index contributed by atoms with van der Waals surface area (Å²) in [5.74, 6) is 2.02. The molecule has 224 valence electrons. The summed E-state index contributed by atoms with van der Waals surface area (Å²) >= 11 is 0. The Kier molecular flexibility index (Phi) is 8.95. The van der Waals surface area contributed by atoms with Gasteiger partial charge in [-0.05, 0) is 42.7 Å². The molecule has 6 rings (SSSR count). The Hall–Kier alpha value is -4.28. The second-order valence-corrected chi connectivity index (χ2v) is 10.7. The van der Waals surface area contributed by atoms with Crippen LogP contribution >= 0.6 is 0 Å². The second kappa shape index (κ2) is 13.4. The first-order valence-corrected chi connectivity index (χ1v) is 14.6. The van der Waals surface area contributed by atoms with Gasteiger partial charge in [0.2, 0.25) is 11.6 Å². The number of carbonyl (C=O) groups excluding carboxylic acids is 1. The van der Waals surface area contributed by atoms with E-state index in [1.807, 2.05) is 25.1 Å². The quantitative estimate of drug-likeness (QED) is 0.222. The molecule has 0 spiro atoms. The van der Waals surface area contributed by atoms with E-state index in [1.54, 1.807) is 24.3 Å². The number of ketones is 1. The molecule has 3 aromatic carbocycles.